The number of aliphatic hydroxyl groups excluding tert-OH is 2. The fourth-order valence-electron chi connectivity index (χ4n) is 9.81. The maximum absolute atomic E-state index is 12.5. The minimum absolute atomic E-state index is 0.00747. The molecule has 0 aliphatic heterocycles. The molecular formula is C62H121NO5. The molecule has 0 fully saturated rings. The van der Waals surface area contributed by atoms with Crippen LogP contribution in [0.15, 0.2) is 12.2 Å². The SMILES string of the molecule is CCCCCCCC/C=C\CCCCCCCCCC(=O)OCCCCCCCCCCCCCCCC(=O)NC(CO)C(O)CCCCCCCCCCCCCCCCCCCCCCC. The summed E-state index contributed by atoms with van der Waals surface area (Å²) in [5.41, 5.74) is 0. The van der Waals surface area contributed by atoms with Crippen LogP contribution in [0.2, 0.25) is 0 Å². The van der Waals surface area contributed by atoms with Gasteiger partial charge in [0.2, 0.25) is 5.91 Å². The molecule has 3 N–H and O–H groups in total. The van der Waals surface area contributed by atoms with Crippen LogP contribution in [0.25, 0.3) is 0 Å². The van der Waals surface area contributed by atoms with Crippen molar-refractivity contribution in [3.05, 3.63) is 12.2 Å². The van der Waals surface area contributed by atoms with Crippen molar-refractivity contribution in [1.82, 2.24) is 5.32 Å². The molecule has 404 valence electrons. The Morgan fingerprint density at radius 3 is 1.04 bits per heavy atom. The lowest BCUT2D eigenvalue weighted by Crippen LogP contribution is -2.45. The summed E-state index contributed by atoms with van der Waals surface area (Å²) in [5, 5.41) is 23.4. The average molecular weight is 961 g/mol. The molecule has 2 unspecified atom stereocenters. The average Bonchev–Trinajstić information content (AvgIpc) is 3.34. The quantitative estimate of drug-likeness (QED) is 0.0321. The molecule has 68 heavy (non-hydrogen) atoms. The van der Waals surface area contributed by atoms with E-state index in [1.54, 1.807) is 0 Å². The summed E-state index contributed by atoms with van der Waals surface area (Å²) < 4.78 is 5.48. The molecule has 0 aliphatic carbocycles. The van der Waals surface area contributed by atoms with E-state index in [2.05, 4.69) is 31.3 Å². The minimum Gasteiger partial charge on any atom is -0.466 e. The van der Waals surface area contributed by atoms with Crippen LogP contribution in [0, 0.1) is 0 Å². The van der Waals surface area contributed by atoms with E-state index in [9.17, 15) is 19.8 Å². The second-order valence-corrected chi connectivity index (χ2v) is 21.4. The lowest BCUT2D eigenvalue weighted by Gasteiger charge is -2.22. The maximum atomic E-state index is 12.5. The molecule has 1 amide bonds. The third kappa shape index (κ3) is 53.9. The number of aliphatic hydroxyl groups is 2. The third-order valence-electron chi connectivity index (χ3n) is 14.6. The number of carbonyl (C=O) groups is 2. The summed E-state index contributed by atoms with van der Waals surface area (Å²) in [7, 11) is 0. The van der Waals surface area contributed by atoms with Gasteiger partial charge in [-0.25, -0.2) is 0 Å². The van der Waals surface area contributed by atoms with Crippen LogP contribution in [-0.4, -0.2) is 47.4 Å². The Hall–Kier alpha value is -1.40. The van der Waals surface area contributed by atoms with Crippen molar-refractivity contribution in [2.75, 3.05) is 13.2 Å². The first-order valence-corrected chi connectivity index (χ1v) is 30.9. The van der Waals surface area contributed by atoms with Gasteiger partial charge in [0, 0.05) is 12.8 Å². The molecular weight excluding hydrogens is 839 g/mol. The first-order valence-electron chi connectivity index (χ1n) is 30.9. The Morgan fingerprint density at radius 2 is 0.691 bits per heavy atom. The summed E-state index contributed by atoms with van der Waals surface area (Å²) in [6.07, 6.45) is 69.2. The van der Waals surface area contributed by atoms with Crippen molar-refractivity contribution in [2.45, 2.75) is 360 Å². The molecule has 0 aromatic rings. The van der Waals surface area contributed by atoms with Gasteiger partial charge >= 0.3 is 5.97 Å². The van der Waals surface area contributed by atoms with Crippen LogP contribution in [0.5, 0.6) is 0 Å². The Kier molecular flexibility index (Phi) is 57.0. The van der Waals surface area contributed by atoms with Gasteiger partial charge < -0.3 is 20.3 Å². The summed E-state index contributed by atoms with van der Waals surface area (Å²) >= 11 is 0. The topological polar surface area (TPSA) is 95.9 Å². The number of unbranched alkanes of at least 4 members (excludes halogenated alkanes) is 45. The van der Waals surface area contributed by atoms with Crippen LogP contribution in [0.1, 0.15) is 348 Å². The first kappa shape index (κ1) is 66.6. The molecule has 2 atom stereocenters. The molecule has 6 heteroatoms. The van der Waals surface area contributed by atoms with Gasteiger partial charge in [0.1, 0.15) is 0 Å². The zero-order valence-corrected chi connectivity index (χ0v) is 46.1. The van der Waals surface area contributed by atoms with Gasteiger partial charge in [0.05, 0.1) is 25.4 Å². The van der Waals surface area contributed by atoms with Crippen molar-refractivity contribution in [1.29, 1.82) is 0 Å². The number of esters is 1. The maximum Gasteiger partial charge on any atom is 0.305 e. The Labute approximate surface area is 425 Å². The molecule has 0 rings (SSSR count). The normalized spacial score (nSPS) is 12.6. The fourth-order valence-corrected chi connectivity index (χ4v) is 9.81. The largest absolute Gasteiger partial charge is 0.466 e. The van der Waals surface area contributed by atoms with Gasteiger partial charge in [-0.05, 0) is 51.4 Å². The molecule has 0 bridgehead atoms. The van der Waals surface area contributed by atoms with Crippen molar-refractivity contribution >= 4 is 11.9 Å². The molecule has 6 nitrogen and oxygen atoms in total. The molecule has 0 spiro atoms. The van der Waals surface area contributed by atoms with E-state index in [1.165, 1.54) is 263 Å². The fraction of sp³-hybridized carbons (Fsp3) is 0.935. The monoisotopic (exact) mass is 960 g/mol. The highest BCUT2D eigenvalue weighted by molar-refractivity contribution is 5.76. The van der Waals surface area contributed by atoms with Crippen LogP contribution in [0.3, 0.4) is 0 Å². The predicted octanol–water partition coefficient (Wildman–Crippen LogP) is 19.2. The van der Waals surface area contributed by atoms with Gasteiger partial charge in [0.25, 0.3) is 0 Å². The molecule has 0 aromatic carbocycles. The highest BCUT2D eigenvalue weighted by Crippen LogP contribution is 2.18. The van der Waals surface area contributed by atoms with Crippen molar-refractivity contribution in [3.63, 3.8) is 0 Å². The molecule has 0 aliphatic rings. The number of allylic oxidation sites excluding steroid dienone is 2. The summed E-state index contributed by atoms with van der Waals surface area (Å²) in [4.78, 5) is 24.6. The number of ether oxygens (including phenoxy) is 1. The van der Waals surface area contributed by atoms with E-state index in [4.69, 9.17) is 4.74 Å². The Bertz CT molecular complexity index is 1020. The van der Waals surface area contributed by atoms with E-state index in [-0.39, 0.29) is 18.5 Å². The number of hydrogen-bond donors (Lipinski definition) is 3. The lowest BCUT2D eigenvalue weighted by atomic mass is 10.0. The molecule has 0 radical (unpaired) electrons. The molecule has 0 heterocycles. The number of amides is 1. The zero-order chi connectivity index (χ0) is 49.3. The number of hydrogen-bond acceptors (Lipinski definition) is 5. The van der Waals surface area contributed by atoms with E-state index in [0.717, 1.165) is 51.4 Å². The van der Waals surface area contributed by atoms with E-state index < -0.39 is 12.1 Å². The zero-order valence-electron chi connectivity index (χ0n) is 46.1. The van der Waals surface area contributed by atoms with Crippen LogP contribution < -0.4 is 5.32 Å². The second kappa shape index (κ2) is 58.2. The molecule has 0 saturated heterocycles. The van der Waals surface area contributed by atoms with Gasteiger partial charge in [-0.2, -0.15) is 0 Å². The lowest BCUT2D eigenvalue weighted by molar-refractivity contribution is -0.143. The Morgan fingerprint density at radius 1 is 0.397 bits per heavy atom. The van der Waals surface area contributed by atoms with Gasteiger partial charge in [-0.3, -0.25) is 9.59 Å². The van der Waals surface area contributed by atoms with E-state index in [0.29, 0.717) is 25.9 Å². The standard InChI is InChI=1S/C62H121NO5/c1-3-5-7-9-11-13-15-17-19-21-22-23-24-26-27-30-34-38-42-46-50-54-60(65)59(58-64)63-61(66)55-51-47-43-39-35-31-29-33-37-41-45-49-53-57-68-62(67)56-52-48-44-40-36-32-28-25-20-18-16-14-12-10-8-6-4-2/h18,20,59-60,64-65H,3-17,19,21-58H2,1-2H3,(H,63,66)/b20-18-. The van der Waals surface area contributed by atoms with Crippen LogP contribution in [0.4, 0.5) is 0 Å². The van der Waals surface area contributed by atoms with Crippen LogP contribution in [-0.2, 0) is 14.3 Å². The summed E-state index contributed by atoms with van der Waals surface area (Å²) in [6, 6.07) is -0.552. The minimum atomic E-state index is -0.673. The Balaban J connectivity index is 3.43. The van der Waals surface area contributed by atoms with Crippen LogP contribution >= 0.6 is 0 Å². The first-order chi connectivity index (χ1) is 33.5. The van der Waals surface area contributed by atoms with Crippen molar-refractivity contribution in [3.8, 4) is 0 Å². The summed E-state index contributed by atoms with van der Waals surface area (Å²) in [6.45, 7) is 4.95. The van der Waals surface area contributed by atoms with E-state index in [1.807, 2.05) is 0 Å². The smallest absolute Gasteiger partial charge is 0.305 e. The summed E-state index contributed by atoms with van der Waals surface area (Å²) in [5.74, 6) is -0.0515. The van der Waals surface area contributed by atoms with Gasteiger partial charge in [-0.1, -0.05) is 296 Å². The number of nitrogens with one attached hydrogen (secondary N) is 1. The highest BCUT2D eigenvalue weighted by atomic mass is 16.5. The van der Waals surface area contributed by atoms with Gasteiger partial charge in [-0.15, -0.1) is 0 Å². The van der Waals surface area contributed by atoms with E-state index >= 15 is 0 Å². The number of carbonyl (C=O) groups excluding carboxylic acids is 2. The third-order valence-corrected chi connectivity index (χ3v) is 14.6. The predicted molar refractivity (Wildman–Crippen MR) is 297 cm³/mol. The van der Waals surface area contributed by atoms with Crippen molar-refractivity contribution < 1.29 is 24.5 Å². The molecule has 0 aromatic heterocycles. The second-order valence-electron chi connectivity index (χ2n) is 21.4. The highest BCUT2D eigenvalue weighted by Gasteiger charge is 2.20. The van der Waals surface area contributed by atoms with Crippen molar-refractivity contribution in [2.24, 2.45) is 0 Å². The van der Waals surface area contributed by atoms with Gasteiger partial charge in [0.15, 0.2) is 0 Å². The molecule has 0 saturated carbocycles. The number of rotatable bonds is 58.